The Morgan fingerprint density at radius 1 is 1.14 bits per heavy atom. The predicted octanol–water partition coefficient (Wildman–Crippen LogP) is 4.44. The molecule has 3 atom stereocenters. The molecule has 0 radical (unpaired) electrons. The van der Waals surface area contributed by atoms with Crippen LogP contribution in [0.1, 0.15) is 55.0 Å². The summed E-state index contributed by atoms with van der Waals surface area (Å²) in [6.45, 7) is -0.551. The van der Waals surface area contributed by atoms with Gasteiger partial charge in [0.25, 0.3) is 0 Å². The Labute approximate surface area is 245 Å². The Morgan fingerprint density at radius 2 is 1.84 bits per heavy atom. The van der Waals surface area contributed by atoms with E-state index in [0.29, 0.717) is 23.2 Å². The summed E-state index contributed by atoms with van der Waals surface area (Å²) in [4.78, 5) is 42.6. The van der Waals surface area contributed by atoms with Crippen LogP contribution in [0.2, 0.25) is 0 Å². The number of piperidine rings is 1. The van der Waals surface area contributed by atoms with Crippen LogP contribution < -0.4 is 10.6 Å². The Balaban J connectivity index is 1.26. The second-order valence-corrected chi connectivity index (χ2v) is 12.0. The van der Waals surface area contributed by atoms with Crippen LogP contribution in [0, 0.1) is 29.1 Å². The number of aromatic nitrogens is 3. The molecule has 0 spiro atoms. The summed E-state index contributed by atoms with van der Waals surface area (Å²) >= 11 is 0. The van der Waals surface area contributed by atoms with Crippen molar-refractivity contribution >= 4 is 23.6 Å². The number of carbonyl (C=O) groups is 3. The molecule has 43 heavy (non-hydrogen) atoms. The fourth-order valence-corrected chi connectivity index (χ4v) is 6.29. The number of fused-ring (bicyclic) bond motifs is 1. The highest BCUT2D eigenvalue weighted by atomic mass is 19.4. The van der Waals surface area contributed by atoms with Crippen LogP contribution in [0.5, 0.6) is 0 Å². The van der Waals surface area contributed by atoms with E-state index in [2.05, 4.69) is 15.7 Å². The van der Waals surface area contributed by atoms with Gasteiger partial charge >= 0.3 is 18.2 Å². The summed E-state index contributed by atoms with van der Waals surface area (Å²) < 4.78 is 47.5. The van der Waals surface area contributed by atoms with E-state index in [4.69, 9.17) is 9.72 Å². The average molecular weight is 600 g/mol. The van der Waals surface area contributed by atoms with Gasteiger partial charge in [0, 0.05) is 6.54 Å². The number of rotatable bonds is 10. The lowest BCUT2D eigenvalue weighted by Crippen LogP contribution is -2.57. The summed E-state index contributed by atoms with van der Waals surface area (Å²) in [5.41, 5.74) is -0.300. The van der Waals surface area contributed by atoms with Gasteiger partial charge in [-0.15, -0.1) is 0 Å². The van der Waals surface area contributed by atoms with Crippen molar-refractivity contribution in [2.45, 2.75) is 57.3 Å². The van der Waals surface area contributed by atoms with E-state index in [0.717, 1.165) is 31.2 Å². The van der Waals surface area contributed by atoms with Gasteiger partial charge in [0.05, 0.1) is 30.0 Å². The molecule has 1 aliphatic heterocycles. The van der Waals surface area contributed by atoms with Gasteiger partial charge in [-0.2, -0.15) is 18.3 Å². The van der Waals surface area contributed by atoms with Gasteiger partial charge in [-0.25, -0.2) is 14.3 Å². The third-order valence-electron chi connectivity index (χ3n) is 8.83. The first-order valence-corrected chi connectivity index (χ1v) is 14.4. The highest BCUT2D eigenvalue weighted by Crippen LogP contribution is 2.54. The molecule has 3 aliphatic rings. The lowest BCUT2D eigenvalue weighted by Gasteiger charge is -2.37. The van der Waals surface area contributed by atoms with E-state index in [1.165, 1.54) is 16.8 Å². The monoisotopic (exact) mass is 599 g/mol. The molecule has 3 aromatic rings. The number of nitrogens with one attached hydrogen (secondary N) is 2. The third kappa shape index (κ3) is 6.16. The molecule has 6 rings (SSSR count). The number of imidazole rings is 1. The second-order valence-electron chi connectivity index (χ2n) is 12.0. The molecule has 13 heteroatoms. The maximum atomic E-state index is 13.5. The van der Waals surface area contributed by atoms with Crippen molar-refractivity contribution in [2.75, 3.05) is 6.54 Å². The van der Waals surface area contributed by atoms with E-state index in [1.54, 1.807) is 6.20 Å². The lowest BCUT2D eigenvalue weighted by atomic mass is 9.71. The largest absolute Gasteiger partial charge is 0.480 e. The first-order chi connectivity index (χ1) is 20.5. The summed E-state index contributed by atoms with van der Waals surface area (Å²) in [6, 6.07) is 10.4. The zero-order valence-corrected chi connectivity index (χ0v) is 23.2. The fourth-order valence-electron chi connectivity index (χ4n) is 6.29. The number of carboxylic acid groups (broad SMARTS) is 1. The molecule has 3 fully saturated rings. The Morgan fingerprint density at radius 3 is 2.47 bits per heavy atom. The summed E-state index contributed by atoms with van der Waals surface area (Å²) in [7, 11) is 0. The number of nitrogens with zero attached hydrogens (tertiary/aromatic N) is 3. The number of alkyl carbamates (subject to hydrolysis) is 1. The Kier molecular flexibility index (Phi) is 7.51. The van der Waals surface area contributed by atoms with Crippen molar-refractivity contribution in [1.29, 1.82) is 0 Å². The smallest absolute Gasteiger partial charge is 0.408 e. The van der Waals surface area contributed by atoms with Crippen LogP contribution in [0.4, 0.5) is 18.0 Å². The molecule has 3 N–H and O–H groups in total. The van der Waals surface area contributed by atoms with Crippen LogP contribution in [0.25, 0.3) is 5.65 Å². The quantitative estimate of drug-likeness (QED) is 0.293. The van der Waals surface area contributed by atoms with Gasteiger partial charge in [0.15, 0.2) is 11.1 Å². The average Bonchev–Trinajstić information content (AvgIpc) is 3.91. The topological polar surface area (TPSA) is 135 Å². The van der Waals surface area contributed by atoms with Crippen LogP contribution in [0.15, 0.2) is 48.8 Å². The molecule has 3 heterocycles. The number of ether oxygens (including phenoxy) is 1. The van der Waals surface area contributed by atoms with Crippen LogP contribution in [0.3, 0.4) is 0 Å². The lowest BCUT2D eigenvalue weighted by molar-refractivity contribution is -0.194. The van der Waals surface area contributed by atoms with Gasteiger partial charge in [0.1, 0.15) is 6.61 Å². The van der Waals surface area contributed by atoms with Crippen molar-refractivity contribution in [3.63, 3.8) is 0 Å². The highest BCUT2D eigenvalue weighted by molar-refractivity contribution is 6.02. The SMILES string of the molecule is O=C(N[C@H](c1cn2ncc(CC3(C(=O)O)C[C@@H](C(F)(F)F)CNC3=O)cc2n1)C(C1CC1)C1CC1)OCc1ccccc1. The maximum absolute atomic E-state index is 13.5. The summed E-state index contributed by atoms with van der Waals surface area (Å²) in [5, 5.41) is 19.5. The van der Waals surface area contributed by atoms with Crippen molar-refractivity contribution in [3.05, 3.63) is 65.6 Å². The minimum atomic E-state index is -4.65. The summed E-state index contributed by atoms with van der Waals surface area (Å²) in [5.74, 6) is -3.51. The Bertz CT molecular complexity index is 1510. The number of hydrogen-bond acceptors (Lipinski definition) is 6. The normalized spacial score (nSPS) is 23.2. The molecule has 10 nitrogen and oxygen atoms in total. The number of alkyl halides is 3. The van der Waals surface area contributed by atoms with E-state index in [-0.39, 0.29) is 18.1 Å². The molecule has 1 aromatic carbocycles. The zero-order valence-electron chi connectivity index (χ0n) is 23.2. The van der Waals surface area contributed by atoms with Gasteiger partial charge < -0.3 is 20.5 Å². The molecule has 1 unspecified atom stereocenters. The van der Waals surface area contributed by atoms with Gasteiger partial charge in [-0.1, -0.05) is 30.3 Å². The Hall–Kier alpha value is -4.16. The first-order valence-electron chi connectivity index (χ1n) is 14.4. The molecule has 1 saturated heterocycles. The minimum Gasteiger partial charge on any atom is -0.480 e. The van der Waals surface area contributed by atoms with Crippen molar-refractivity contribution in [2.24, 2.45) is 29.1 Å². The molecule has 228 valence electrons. The van der Waals surface area contributed by atoms with Gasteiger partial charge in [-0.3, -0.25) is 9.59 Å². The second kappa shape index (κ2) is 11.2. The van der Waals surface area contributed by atoms with Gasteiger partial charge in [-0.05, 0) is 73.5 Å². The molecule has 2 saturated carbocycles. The van der Waals surface area contributed by atoms with Crippen molar-refractivity contribution < 1.29 is 37.4 Å². The zero-order chi connectivity index (χ0) is 30.4. The molecule has 2 aliphatic carbocycles. The molecule has 2 amide bonds. The van der Waals surface area contributed by atoms with E-state index in [1.807, 2.05) is 30.3 Å². The number of amides is 2. The number of aliphatic carboxylic acids is 1. The van der Waals surface area contributed by atoms with Gasteiger partial charge in [0.2, 0.25) is 5.91 Å². The molecular formula is C30H32F3N5O5. The van der Waals surface area contributed by atoms with Crippen LogP contribution in [-0.4, -0.2) is 50.4 Å². The number of halogens is 3. The van der Waals surface area contributed by atoms with Crippen molar-refractivity contribution in [1.82, 2.24) is 25.2 Å². The number of benzene rings is 1. The van der Waals surface area contributed by atoms with E-state index < -0.39 is 60.9 Å². The van der Waals surface area contributed by atoms with Crippen LogP contribution >= 0.6 is 0 Å². The van der Waals surface area contributed by atoms with E-state index >= 15 is 0 Å². The number of hydrogen-bond donors (Lipinski definition) is 3. The third-order valence-corrected chi connectivity index (χ3v) is 8.83. The number of carbonyl (C=O) groups excluding carboxylic acids is 2. The predicted molar refractivity (Wildman–Crippen MR) is 145 cm³/mol. The number of carboxylic acids is 1. The molecular weight excluding hydrogens is 567 g/mol. The van der Waals surface area contributed by atoms with E-state index in [9.17, 15) is 32.7 Å². The molecule has 0 bridgehead atoms. The standard InChI is InChI=1S/C30H32F3N5O5/c31-30(32,33)21-12-29(27(40)41,26(39)34-14-21)11-18-10-23-36-22(15-38(23)35-13-18)25(24(19-6-7-19)20-8-9-20)37-28(42)43-16-17-4-2-1-3-5-17/h1-5,10,13,15,19-21,24-25H,6-9,11-12,14,16H2,(H,34,39)(H,37,42)(H,40,41)/t21-,25-,29?/m1/s1. The minimum absolute atomic E-state index is 0.112. The summed E-state index contributed by atoms with van der Waals surface area (Å²) in [6.07, 6.45) is 0.701. The fraction of sp³-hybridized carbons (Fsp3) is 0.500. The maximum Gasteiger partial charge on any atom is 0.408 e. The van der Waals surface area contributed by atoms with Crippen LogP contribution in [-0.2, 0) is 27.4 Å². The molecule has 2 aromatic heterocycles. The highest BCUT2D eigenvalue weighted by Gasteiger charge is 2.56. The van der Waals surface area contributed by atoms with Crippen molar-refractivity contribution in [3.8, 4) is 0 Å². The first kappa shape index (κ1) is 28.9.